The van der Waals surface area contributed by atoms with Crippen LogP contribution >= 0.6 is 0 Å². The maximum absolute atomic E-state index is 9.02. The number of benzene rings is 1. The molecule has 0 amide bonds. The summed E-state index contributed by atoms with van der Waals surface area (Å²) in [6, 6.07) is 4.98. The van der Waals surface area contributed by atoms with Gasteiger partial charge in [-0.2, -0.15) is 0 Å². The molecule has 0 spiro atoms. The molecule has 1 aromatic heterocycles. The van der Waals surface area contributed by atoms with Crippen LogP contribution in [-0.4, -0.2) is 16.3 Å². The maximum atomic E-state index is 9.02. The molecular formula is C16H23NO. The minimum atomic E-state index is 0.263. The molecule has 0 unspecified atom stereocenters. The molecule has 98 valence electrons. The molecule has 0 atom stereocenters. The van der Waals surface area contributed by atoms with Gasteiger partial charge in [0.15, 0.2) is 0 Å². The van der Waals surface area contributed by atoms with E-state index in [1.54, 1.807) is 0 Å². The van der Waals surface area contributed by atoms with Crippen LogP contribution in [0.1, 0.15) is 43.0 Å². The van der Waals surface area contributed by atoms with Gasteiger partial charge in [-0.1, -0.05) is 6.07 Å². The summed E-state index contributed by atoms with van der Waals surface area (Å²) in [6.45, 7) is 9.03. The van der Waals surface area contributed by atoms with Gasteiger partial charge in [-0.25, -0.2) is 0 Å². The van der Waals surface area contributed by atoms with E-state index in [0.29, 0.717) is 6.04 Å². The van der Waals surface area contributed by atoms with Crippen molar-refractivity contribution in [2.75, 3.05) is 6.61 Å². The molecule has 0 radical (unpaired) electrons. The van der Waals surface area contributed by atoms with Crippen LogP contribution in [0.2, 0.25) is 0 Å². The SMILES string of the molecule is Cc1cc(C)c2c(CCCO)cn(C(C)C)c2c1. The monoisotopic (exact) mass is 245 g/mol. The molecule has 1 heterocycles. The van der Waals surface area contributed by atoms with Crippen molar-refractivity contribution in [3.63, 3.8) is 0 Å². The van der Waals surface area contributed by atoms with Crippen molar-refractivity contribution in [3.05, 3.63) is 35.0 Å². The van der Waals surface area contributed by atoms with Gasteiger partial charge in [0.2, 0.25) is 0 Å². The number of nitrogens with zero attached hydrogens (tertiary/aromatic N) is 1. The first-order valence-electron chi connectivity index (χ1n) is 6.76. The fourth-order valence-corrected chi connectivity index (χ4v) is 2.75. The molecule has 0 fully saturated rings. The van der Waals surface area contributed by atoms with Gasteiger partial charge in [-0.3, -0.25) is 0 Å². The Morgan fingerprint density at radius 3 is 2.56 bits per heavy atom. The van der Waals surface area contributed by atoms with Crippen molar-refractivity contribution in [1.82, 2.24) is 4.57 Å². The van der Waals surface area contributed by atoms with E-state index in [-0.39, 0.29) is 6.61 Å². The highest BCUT2D eigenvalue weighted by Crippen LogP contribution is 2.29. The van der Waals surface area contributed by atoms with Crippen molar-refractivity contribution in [2.24, 2.45) is 0 Å². The molecule has 0 aliphatic rings. The molecule has 2 heteroatoms. The van der Waals surface area contributed by atoms with Crippen LogP contribution in [0.5, 0.6) is 0 Å². The first kappa shape index (κ1) is 13.2. The first-order valence-corrected chi connectivity index (χ1v) is 6.76. The summed E-state index contributed by atoms with van der Waals surface area (Å²) in [4.78, 5) is 0. The number of aliphatic hydroxyl groups is 1. The zero-order valence-electron chi connectivity index (χ0n) is 11.8. The van der Waals surface area contributed by atoms with Gasteiger partial charge in [0.25, 0.3) is 0 Å². The summed E-state index contributed by atoms with van der Waals surface area (Å²) in [7, 11) is 0. The maximum Gasteiger partial charge on any atom is 0.0490 e. The third kappa shape index (κ3) is 2.30. The van der Waals surface area contributed by atoms with Crippen molar-refractivity contribution in [1.29, 1.82) is 0 Å². The van der Waals surface area contributed by atoms with Gasteiger partial charge < -0.3 is 9.67 Å². The van der Waals surface area contributed by atoms with E-state index in [1.807, 2.05) is 0 Å². The molecule has 1 aromatic carbocycles. The highest BCUT2D eigenvalue weighted by Gasteiger charge is 2.12. The zero-order valence-corrected chi connectivity index (χ0v) is 11.8. The highest BCUT2D eigenvalue weighted by atomic mass is 16.2. The Bertz CT molecular complexity index is 552. The van der Waals surface area contributed by atoms with Gasteiger partial charge in [0.1, 0.15) is 0 Å². The second-order valence-electron chi connectivity index (χ2n) is 5.46. The molecule has 18 heavy (non-hydrogen) atoms. The number of aliphatic hydroxyl groups excluding tert-OH is 1. The summed E-state index contributed by atoms with van der Waals surface area (Å²) < 4.78 is 2.35. The van der Waals surface area contributed by atoms with Crippen molar-refractivity contribution in [2.45, 2.75) is 46.6 Å². The van der Waals surface area contributed by atoms with E-state index in [4.69, 9.17) is 5.11 Å². The number of fused-ring (bicyclic) bond motifs is 1. The minimum Gasteiger partial charge on any atom is -0.396 e. The van der Waals surface area contributed by atoms with Gasteiger partial charge in [0.05, 0.1) is 0 Å². The molecule has 1 N–H and O–H groups in total. The van der Waals surface area contributed by atoms with Gasteiger partial charge >= 0.3 is 0 Å². The standard InChI is InChI=1S/C16H23NO/c1-11(2)17-10-14(6-5-7-18)16-13(4)8-12(3)9-15(16)17/h8-11,18H,5-7H2,1-4H3. The lowest BCUT2D eigenvalue weighted by Crippen LogP contribution is -1.98. The number of hydrogen-bond acceptors (Lipinski definition) is 1. The Hall–Kier alpha value is -1.28. The number of rotatable bonds is 4. The average molecular weight is 245 g/mol. The summed E-state index contributed by atoms with van der Waals surface area (Å²) in [5, 5.41) is 10.4. The fraction of sp³-hybridized carbons (Fsp3) is 0.500. The molecule has 2 nitrogen and oxygen atoms in total. The normalized spacial score (nSPS) is 11.7. The van der Waals surface area contributed by atoms with Gasteiger partial charge in [-0.15, -0.1) is 0 Å². The van der Waals surface area contributed by atoms with Crippen molar-refractivity contribution >= 4 is 10.9 Å². The molecule has 0 bridgehead atoms. The molecule has 0 aliphatic heterocycles. The minimum absolute atomic E-state index is 0.263. The largest absolute Gasteiger partial charge is 0.396 e. The van der Waals surface area contributed by atoms with E-state index in [0.717, 1.165) is 12.8 Å². The second kappa shape index (κ2) is 5.15. The van der Waals surface area contributed by atoms with Crippen LogP contribution in [0.4, 0.5) is 0 Å². The lowest BCUT2D eigenvalue weighted by atomic mass is 10.0. The van der Waals surface area contributed by atoms with Crippen LogP contribution in [0.15, 0.2) is 18.3 Å². The Morgan fingerprint density at radius 1 is 1.22 bits per heavy atom. The molecule has 2 aromatic rings. The molecule has 2 rings (SSSR count). The lowest BCUT2D eigenvalue weighted by Gasteiger charge is -2.10. The predicted octanol–water partition coefficient (Wildman–Crippen LogP) is 3.76. The Labute approximate surface area is 109 Å². The second-order valence-corrected chi connectivity index (χ2v) is 5.46. The first-order chi connectivity index (χ1) is 8.54. The predicted molar refractivity (Wildman–Crippen MR) is 77.2 cm³/mol. The van der Waals surface area contributed by atoms with Crippen LogP contribution in [0, 0.1) is 13.8 Å². The summed E-state index contributed by atoms with van der Waals surface area (Å²) >= 11 is 0. The van der Waals surface area contributed by atoms with Crippen LogP contribution in [-0.2, 0) is 6.42 Å². The van der Waals surface area contributed by atoms with Crippen molar-refractivity contribution in [3.8, 4) is 0 Å². The topological polar surface area (TPSA) is 25.2 Å². The molecule has 0 aliphatic carbocycles. The Kier molecular flexibility index (Phi) is 3.76. The van der Waals surface area contributed by atoms with E-state index in [2.05, 4.69) is 50.6 Å². The average Bonchev–Trinajstić information content (AvgIpc) is 2.65. The summed E-state index contributed by atoms with van der Waals surface area (Å²) in [5.41, 5.74) is 5.35. The van der Waals surface area contributed by atoms with E-state index in [9.17, 15) is 0 Å². The number of aromatic nitrogens is 1. The van der Waals surface area contributed by atoms with Crippen LogP contribution < -0.4 is 0 Å². The molecule has 0 saturated carbocycles. The summed E-state index contributed by atoms with van der Waals surface area (Å²) in [6.07, 6.45) is 4.05. The van der Waals surface area contributed by atoms with E-state index in [1.165, 1.54) is 27.6 Å². The molecular weight excluding hydrogens is 222 g/mol. The lowest BCUT2D eigenvalue weighted by molar-refractivity contribution is 0.288. The van der Waals surface area contributed by atoms with E-state index >= 15 is 0 Å². The van der Waals surface area contributed by atoms with Crippen LogP contribution in [0.3, 0.4) is 0 Å². The Morgan fingerprint density at radius 2 is 1.94 bits per heavy atom. The summed E-state index contributed by atoms with van der Waals surface area (Å²) in [5.74, 6) is 0. The number of hydrogen-bond donors (Lipinski definition) is 1. The Balaban J connectivity index is 2.64. The smallest absolute Gasteiger partial charge is 0.0490 e. The zero-order chi connectivity index (χ0) is 13.3. The van der Waals surface area contributed by atoms with E-state index < -0.39 is 0 Å². The van der Waals surface area contributed by atoms with Gasteiger partial charge in [0, 0.05) is 29.7 Å². The van der Waals surface area contributed by atoms with Crippen LogP contribution in [0.25, 0.3) is 10.9 Å². The highest BCUT2D eigenvalue weighted by molar-refractivity contribution is 5.88. The quantitative estimate of drug-likeness (QED) is 0.871. The third-order valence-corrected chi connectivity index (χ3v) is 3.51. The van der Waals surface area contributed by atoms with Gasteiger partial charge in [-0.05, 0) is 63.3 Å². The number of aryl methyl sites for hydroxylation is 3. The third-order valence-electron chi connectivity index (χ3n) is 3.51. The van der Waals surface area contributed by atoms with Crippen molar-refractivity contribution < 1.29 is 5.11 Å². The molecule has 0 saturated heterocycles. The fourth-order valence-electron chi connectivity index (χ4n) is 2.75.